The lowest BCUT2D eigenvalue weighted by atomic mass is 10.2. The molecule has 3 nitrogen and oxygen atoms in total. The average molecular weight is 373 g/mol. The molecular formula is C17H13BrN2OS. The predicted molar refractivity (Wildman–Crippen MR) is 95.2 cm³/mol. The van der Waals surface area contributed by atoms with Gasteiger partial charge in [-0.25, -0.2) is 4.98 Å². The number of fused-ring (bicyclic) bond motifs is 1. The summed E-state index contributed by atoms with van der Waals surface area (Å²) in [5.74, 6) is 0.277. The zero-order chi connectivity index (χ0) is 15.4. The molecule has 3 aromatic rings. The van der Waals surface area contributed by atoms with Gasteiger partial charge in [0, 0.05) is 9.86 Å². The van der Waals surface area contributed by atoms with Crippen molar-refractivity contribution in [1.29, 1.82) is 0 Å². The normalized spacial score (nSPS) is 10.6. The van der Waals surface area contributed by atoms with Crippen molar-refractivity contribution in [2.75, 3.05) is 11.1 Å². The lowest BCUT2D eigenvalue weighted by Gasteiger charge is -2.07. The van der Waals surface area contributed by atoms with E-state index in [4.69, 9.17) is 0 Å². The molecule has 0 atom stereocenters. The van der Waals surface area contributed by atoms with Gasteiger partial charge in [-0.15, -0.1) is 0 Å². The zero-order valence-electron chi connectivity index (χ0n) is 11.6. The summed E-state index contributed by atoms with van der Waals surface area (Å²) >= 11 is 4.84. The molecule has 0 radical (unpaired) electrons. The summed E-state index contributed by atoms with van der Waals surface area (Å²) < 4.78 is 0.872. The van der Waals surface area contributed by atoms with Crippen LogP contribution in [0, 0.1) is 0 Å². The third kappa shape index (κ3) is 3.67. The molecule has 1 N–H and O–H groups in total. The van der Waals surface area contributed by atoms with E-state index in [1.165, 1.54) is 11.8 Å². The van der Waals surface area contributed by atoms with Crippen molar-refractivity contribution in [3.05, 3.63) is 65.1 Å². The first-order valence-electron chi connectivity index (χ1n) is 6.75. The molecule has 5 heteroatoms. The van der Waals surface area contributed by atoms with Crippen LogP contribution in [0.3, 0.4) is 0 Å². The number of carbonyl (C=O) groups is 1. The van der Waals surface area contributed by atoms with Crippen LogP contribution in [-0.4, -0.2) is 16.6 Å². The molecule has 0 fully saturated rings. The van der Waals surface area contributed by atoms with Gasteiger partial charge in [-0.3, -0.25) is 4.79 Å². The minimum absolute atomic E-state index is 0.0492. The maximum atomic E-state index is 12.0. The molecule has 1 aromatic heterocycles. The molecule has 0 unspecified atom stereocenters. The monoisotopic (exact) mass is 372 g/mol. The van der Waals surface area contributed by atoms with Crippen LogP contribution >= 0.6 is 27.7 Å². The Bertz CT molecular complexity index is 822. The number of benzene rings is 2. The molecule has 22 heavy (non-hydrogen) atoms. The number of thioether (sulfide) groups is 1. The third-order valence-electron chi connectivity index (χ3n) is 3.07. The molecule has 0 bridgehead atoms. The third-order valence-corrected chi connectivity index (χ3v) is 4.69. The van der Waals surface area contributed by atoms with Crippen LogP contribution in [0.4, 0.5) is 5.69 Å². The van der Waals surface area contributed by atoms with E-state index in [0.717, 1.165) is 26.1 Å². The summed E-state index contributed by atoms with van der Waals surface area (Å²) in [5.41, 5.74) is 1.72. The van der Waals surface area contributed by atoms with Crippen LogP contribution in [0.5, 0.6) is 0 Å². The van der Waals surface area contributed by atoms with E-state index < -0.39 is 0 Å². The Morgan fingerprint density at radius 1 is 1.05 bits per heavy atom. The molecular weight excluding hydrogens is 360 g/mol. The predicted octanol–water partition coefficient (Wildman–Crippen LogP) is 4.73. The number of carbonyl (C=O) groups excluding carboxylic acids is 1. The van der Waals surface area contributed by atoms with Crippen LogP contribution in [0.2, 0.25) is 0 Å². The van der Waals surface area contributed by atoms with Crippen LogP contribution in [-0.2, 0) is 4.79 Å². The van der Waals surface area contributed by atoms with Gasteiger partial charge in [-0.2, -0.15) is 0 Å². The number of hydrogen-bond donors (Lipinski definition) is 1. The molecule has 110 valence electrons. The largest absolute Gasteiger partial charge is 0.324 e. The number of amides is 1. The highest BCUT2D eigenvalue weighted by molar-refractivity contribution is 9.10. The lowest BCUT2D eigenvalue weighted by molar-refractivity contribution is -0.113. The molecule has 3 rings (SSSR count). The Morgan fingerprint density at radius 3 is 2.68 bits per heavy atom. The summed E-state index contributed by atoms with van der Waals surface area (Å²) in [6, 6.07) is 19.5. The summed E-state index contributed by atoms with van der Waals surface area (Å²) in [6.07, 6.45) is 0. The van der Waals surface area contributed by atoms with Gasteiger partial charge in [-0.1, -0.05) is 48.2 Å². The molecule has 0 saturated carbocycles. The van der Waals surface area contributed by atoms with Crippen molar-refractivity contribution < 1.29 is 4.79 Å². The second-order valence-corrected chi connectivity index (χ2v) is 6.51. The minimum Gasteiger partial charge on any atom is -0.324 e. The summed E-state index contributed by atoms with van der Waals surface area (Å²) in [4.78, 5) is 16.6. The van der Waals surface area contributed by atoms with E-state index in [9.17, 15) is 4.79 Å². The number of para-hydroxylation sites is 2. The molecule has 1 heterocycles. The minimum atomic E-state index is -0.0492. The number of halogens is 1. The van der Waals surface area contributed by atoms with Gasteiger partial charge in [0.05, 0.1) is 22.0 Å². The van der Waals surface area contributed by atoms with E-state index in [0.29, 0.717) is 5.75 Å². The fraction of sp³-hybridized carbons (Fsp3) is 0.0588. The number of hydrogen-bond acceptors (Lipinski definition) is 3. The Morgan fingerprint density at radius 2 is 1.82 bits per heavy atom. The molecule has 0 saturated heterocycles. The van der Waals surface area contributed by atoms with Crippen LogP contribution in [0.15, 0.2) is 70.2 Å². The van der Waals surface area contributed by atoms with E-state index in [2.05, 4.69) is 26.2 Å². The molecule has 2 aromatic carbocycles. The fourth-order valence-electron chi connectivity index (χ4n) is 2.02. The average Bonchev–Trinajstić information content (AvgIpc) is 2.55. The fourth-order valence-corrected chi connectivity index (χ4v) is 3.08. The summed E-state index contributed by atoms with van der Waals surface area (Å²) in [7, 11) is 0. The van der Waals surface area contributed by atoms with Crippen molar-refractivity contribution in [3.8, 4) is 0 Å². The van der Waals surface area contributed by atoms with E-state index in [1.807, 2.05) is 60.7 Å². The molecule has 0 aliphatic rings. The Balaban J connectivity index is 1.63. The van der Waals surface area contributed by atoms with Gasteiger partial charge in [0.15, 0.2) is 0 Å². The molecule has 1 amide bonds. The molecule has 0 aliphatic carbocycles. The first kappa shape index (κ1) is 15.1. The molecule has 0 spiro atoms. The zero-order valence-corrected chi connectivity index (χ0v) is 14.0. The van der Waals surface area contributed by atoms with Crippen LogP contribution < -0.4 is 5.32 Å². The van der Waals surface area contributed by atoms with E-state index in [1.54, 1.807) is 0 Å². The second-order valence-electron chi connectivity index (χ2n) is 4.66. The number of nitrogens with zero attached hydrogens (tertiary/aromatic N) is 1. The van der Waals surface area contributed by atoms with Crippen molar-refractivity contribution in [3.63, 3.8) is 0 Å². The van der Waals surface area contributed by atoms with Gasteiger partial charge >= 0.3 is 0 Å². The number of anilines is 1. The number of pyridine rings is 1. The van der Waals surface area contributed by atoms with Crippen LogP contribution in [0.1, 0.15) is 0 Å². The molecule has 0 aliphatic heterocycles. The first-order chi connectivity index (χ1) is 10.7. The highest BCUT2D eigenvalue weighted by Gasteiger charge is 2.07. The van der Waals surface area contributed by atoms with E-state index >= 15 is 0 Å². The standard InChI is InChI=1S/C17H13BrN2OS/c18-13-6-2-4-8-15(13)19-16(21)11-22-17-10-9-12-5-1-3-7-14(12)20-17/h1-10H,11H2,(H,19,21). The Kier molecular flexibility index (Phi) is 4.75. The van der Waals surface area contributed by atoms with Gasteiger partial charge in [0.25, 0.3) is 0 Å². The maximum Gasteiger partial charge on any atom is 0.234 e. The van der Waals surface area contributed by atoms with Crippen molar-refractivity contribution in [2.24, 2.45) is 0 Å². The van der Waals surface area contributed by atoms with E-state index in [-0.39, 0.29) is 5.91 Å². The first-order valence-corrected chi connectivity index (χ1v) is 8.53. The highest BCUT2D eigenvalue weighted by atomic mass is 79.9. The Hall–Kier alpha value is -1.85. The van der Waals surface area contributed by atoms with Gasteiger partial charge in [0.2, 0.25) is 5.91 Å². The topological polar surface area (TPSA) is 42.0 Å². The smallest absolute Gasteiger partial charge is 0.234 e. The maximum absolute atomic E-state index is 12.0. The number of nitrogens with one attached hydrogen (secondary N) is 1. The Labute approximate surface area is 141 Å². The van der Waals surface area contributed by atoms with Crippen molar-refractivity contribution >= 4 is 50.2 Å². The lowest BCUT2D eigenvalue weighted by Crippen LogP contribution is -2.14. The second kappa shape index (κ2) is 6.94. The van der Waals surface area contributed by atoms with Crippen molar-refractivity contribution in [2.45, 2.75) is 5.03 Å². The number of aromatic nitrogens is 1. The SMILES string of the molecule is O=C(CSc1ccc2ccccc2n1)Nc1ccccc1Br. The summed E-state index contributed by atoms with van der Waals surface area (Å²) in [5, 5.41) is 4.83. The van der Waals surface area contributed by atoms with Gasteiger partial charge in [0.1, 0.15) is 0 Å². The van der Waals surface area contributed by atoms with Gasteiger partial charge < -0.3 is 5.32 Å². The highest BCUT2D eigenvalue weighted by Crippen LogP contribution is 2.23. The quantitative estimate of drug-likeness (QED) is 0.673. The van der Waals surface area contributed by atoms with Crippen LogP contribution in [0.25, 0.3) is 10.9 Å². The van der Waals surface area contributed by atoms with Crippen molar-refractivity contribution in [1.82, 2.24) is 4.98 Å². The van der Waals surface area contributed by atoms with Gasteiger partial charge in [-0.05, 0) is 40.2 Å². The number of rotatable bonds is 4. The summed E-state index contributed by atoms with van der Waals surface area (Å²) in [6.45, 7) is 0.